The number of anilines is 1. The number of rotatable bonds is 9. The number of urea groups is 1. The van der Waals surface area contributed by atoms with Crippen LogP contribution < -0.4 is 11.1 Å². The van der Waals surface area contributed by atoms with Crippen molar-refractivity contribution in [3.8, 4) is 11.3 Å². The Morgan fingerprint density at radius 1 is 0.974 bits per heavy atom. The summed E-state index contributed by atoms with van der Waals surface area (Å²) in [7, 11) is 0. The minimum absolute atomic E-state index is 0.157. The fraction of sp³-hybridized carbons (Fsp3) is 0.290. The topological polar surface area (TPSA) is 76.2 Å². The van der Waals surface area contributed by atoms with Crippen LogP contribution in [-0.4, -0.2) is 39.7 Å². The molecule has 1 aromatic heterocycles. The Hall–Kier alpha value is -3.97. The number of imidazole rings is 1. The summed E-state index contributed by atoms with van der Waals surface area (Å²) < 4.78 is 17.0. The van der Waals surface area contributed by atoms with Gasteiger partial charge in [0.15, 0.2) is 0 Å². The van der Waals surface area contributed by atoms with Crippen molar-refractivity contribution in [3.05, 3.63) is 109 Å². The molecular weight excluding hydrogens is 477 g/mol. The lowest BCUT2D eigenvalue weighted by atomic mass is 9.84. The summed E-state index contributed by atoms with van der Waals surface area (Å²) in [5.41, 5.74) is 8.71. The molecule has 0 aliphatic carbocycles. The fourth-order valence-corrected chi connectivity index (χ4v) is 4.61. The second-order valence-corrected chi connectivity index (χ2v) is 10.5. The quantitative estimate of drug-likeness (QED) is 0.268. The molecule has 0 saturated carbocycles. The predicted octanol–water partition coefficient (Wildman–Crippen LogP) is 6.52. The molecule has 0 aliphatic heterocycles. The largest absolute Gasteiger partial charge is 0.328 e. The highest BCUT2D eigenvalue weighted by molar-refractivity contribution is 5.89. The van der Waals surface area contributed by atoms with Gasteiger partial charge < -0.3 is 20.5 Å². The maximum Gasteiger partial charge on any atom is 0.322 e. The molecular formula is C31H36FN5O. The van der Waals surface area contributed by atoms with E-state index in [0.29, 0.717) is 18.1 Å². The van der Waals surface area contributed by atoms with Crippen molar-refractivity contribution in [2.45, 2.75) is 39.5 Å². The molecule has 0 aliphatic rings. The van der Waals surface area contributed by atoms with Crippen LogP contribution in [0.4, 0.5) is 14.9 Å². The Morgan fingerprint density at radius 2 is 1.55 bits per heavy atom. The molecule has 1 heterocycles. The average Bonchev–Trinajstić information content (AvgIpc) is 3.32. The van der Waals surface area contributed by atoms with E-state index in [1.54, 1.807) is 4.90 Å². The van der Waals surface area contributed by atoms with E-state index >= 15 is 0 Å². The number of carbonyl (C=O) groups excluding carboxylic acids is 1. The van der Waals surface area contributed by atoms with Crippen LogP contribution >= 0.6 is 0 Å². The minimum Gasteiger partial charge on any atom is -0.328 e. The molecule has 3 aromatic carbocycles. The van der Waals surface area contributed by atoms with Crippen LogP contribution in [0.2, 0.25) is 0 Å². The van der Waals surface area contributed by atoms with Crippen molar-refractivity contribution in [3.63, 3.8) is 0 Å². The summed E-state index contributed by atoms with van der Waals surface area (Å²) in [6.45, 7) is 6.35. The third kappa shape index (κ3) is 6.66. The molecule has 3 N–H and O–H groups in total. The molecule has 6 nitrogen and oxygen atoms in total. The molecule has 0 bridgehead atoms. The number of nitrogens with zero attached hydrogens (tertiary/aromatic N) is 3. The standard InChI is InChI=1S/C31H36FN5O/c1-31(2,3)28(37(21-25(32)19-33)30(38)34-26-17-11-6-12-18-26)29-35-27(24-15-9-5-10-16-24)22-36(29)20-23-13-7-4-8-14-23/h4-18,22,25,28H,19-21,33H2,1-3H3,(H,34,38)/t25-,28-/m0/s1. The van der Waals surface area contributed by atoms with Crippen LogP contribution in [0.5, 0.6) is 0 Å². The first-order valence-corrected chi connectivity index (χ1v) is 12.9. The van der Waals surface area contributed by atoms with Crippen LogP contribution in [0.3, 0.4) is 0 Å². The van der Waals surface area contributed by atoms with E-state index in [0.717, 1.165) is 16.8 Å². The van der Waals surface area contributed by atoms with Crippen LogP contribution in [0, 0.1) is 5.41 Å². The third-order valence-electron chi connectivity index (χ3n) is 6.39. The molecule has 0 unspecified atom stereocenters. The molecule has 4 aromatic rings. The summed E-state index contributed by atoms with van der Waals surface area (Å²) in [6.07, 6.45) is 0.631. The SMILES string of the molecule is CC(C)(C)[C@H](c1nc(-c2ccccc2)cn1Cc1ccccc1)N(C[C@@H](F)CN)C(=O)Nc1ccccc1. The van der Waals surface area contributed by atoms with Crippen LogP contribution in [0.25, 0.3) is 11.3 Å². The lowest BCUT2D eigenvalue weighted by Gasteiger charge is -2.40. The molecule has 2 atom stereocenters. The summed E-state index contributed by atoms with van der Waals surface area (Å²) in [6, 6.07) is 28.3. The molecule has 7 heteroatoms. The maximum atomic E-state index is 14.9. The van der Waals surface area contributed by atoms with Crippen molar-refractivity contribution in [2.75, 3.05) is 18.4 Å². The summed E-state index contributed by atoms with van der Waals surface area (Å²) in [4.78, 5) is 20.4. The number of para-hydroxylation sites is 1. The highest BCUT2D eigenvalue weighted by Crippen LogP contribution is 2.39. The van der Waals surface area contributed by atoms with Gasteiger partial charge in [-0.15, -0.1) is 0 Å². The number of benzene rings is 3. The van der Waals surface area contributed by atoms with E-state index < -0.39 is 23.7 Å². The van der Waals surface area contributed by atoms with E-state index in [-0.39, 0.29) is 13.1 Å². The second kappa shape index (κ2) is 12.0. The zero-order valence-electron chi connectivity index (χ0n) is 22.2. The summed E-state index contributed by atoms with van der Waals surface area (Å²) in [5.74, 6) is 0.688. The fourth-order valence-electron chi connectivity index (χ4n) is 4.61. The van der Waals surface area contributed by atoms with Crippen molar-refractivity contribution in [2.24, 2.45) is 11.1 Å². The van der Waals surface area contributed by atoms with Gasteiger partial charge in [-0.3, -0.25) is 0 Å². The first kappa shape index (κ1) is 27.1. The monoisotopic (exact) mass is 513 g/mol. The number of amides is 2. The van der Waals surface area contributed by atoms with E-state index in [4.69, 9.17) is 10.7 Å². The van der Waals surface area contributed by atoms with Gasteiger partial charge in [0.05, 0.1) is 18.3 Å². The molecule has 0 spiro atoms. The smallest absolute Gasteiger partial charge is 0.322 e. The van der Waals surface area contributed by atoms with Crippen LogP contribution in [0.1, 0.15) is 38.2 Å². The zero-order valence-corrected chi connectivity index (χ0v) is 22.2. The highest BCUT2D eigenvalue weighted by Gasteiger charge is 2.39. The number of aromatic nitrogens is 2. The Kier molecular flexibility index (Phi) is 8.59. The van der Waals surface area contributed by atoms with Gasteiger partial charge in [-0.2, -0.15) is 0 Å². The second-order valence-electron chi connectivity index (χ2n) is 10.5. The van der Waals surface area contributed by atoms with Crippen molar-refractivity contribution in [1.29, 1.82) is 0 Å². The van der Waals surface area contributed by atoms with Gasteiger partial charge in [0, 0.05) is 30.5 Å². The Labute approximate surface area is 224 Å². The molecule has 0 fully saturated rings. The van der Waals surface area contributed by atoms with Crippen molar-refractivity contribution >= 4 is 11.7 Å². The van der Waals surface area contributed by atoms with Crippen molar-refractivity contribution in [1.82, 2.24) is 14.5 Å². The first-order chi connectivity index (χ1) is 18.3. The molecule has 2 amide bonds. The van der Waals surface area contributed by atoms with Crippen molar-refractivity contribution < 1.29 is 9.18 Å². The predicted molar refractivity (Wildman–Crippen MR) is 152 cm³/mol. The van der Waals surface area contributed by atoms with Gasteiger partial charge in [-0.1, -0.05) is 99.6 Å². The number of carbonyl (C=O) groups is 1. The third-order valence-corrected chi connectivity index (χ3v) is 6.39. The minimum atomic E-state index is -1.38. The summed E-state index contributed by atoms with van der Waals surface area (Å²) in [5, 5.41) is 2.94. The van der Waals surface area contributed by atoms with E-state index in [2.05, 4.69) is 22.0 Å². The molecule has 4 rings (SSSR count). The van der Waals surface area contributed by atoms with Gasteiger partial charge in [-0.25, -0.2) is 14.2 Å². The van der Waals surface area contributed by atoms with Gasteiger partial charge in [0.2, 0.25) is 0 Å². The van der Waals surface area contributed by atoms with Gasteiger partial charge >= 0.3 is 6.03 Å². The van der Waals surface area contributed by atoms with Crippen LogP contribution in [0.15, 0.2) is 97.2 Å². The molecule has 0 radical (unpaired) electrons. The van der Waals surface area contributed by atoms with Crippen LogP contribution in [-0.2, 0) is 6.54 Å². The molecule has 38 heavy (non-hydrogen) atoms. The number of hydrogen-bond donors (Lipinski definition) is 2. The Bertz CT molecular complexity index is 1300. The lowest BCUT2D eigenvalue weighted by molar-refractivity contribution is 0.0960. The van der Waals surface area contributed by atoms with Gasteiger partial charge in [-0.05, 0) is 23.1 Å². The Balaban J connectivity index is 1.83. The number of nitrogens with one attached hydrogen (secondary N) is 1. The van der Waals surface area contributed by atoms with Gasteiger partial charge in [0.1, 0.15) is 12.0 Å². The number of hydrogen-bond acceptors (Lipinski definition) is 3. The first-order valence-electron chi connectivity index (χ1n) is 12.9. The number of alkyl halides is 1. The van der Waals surface area contributed by atoms with E-state index in [1.165, 1.54) is 0 Å². The maximum absolute atomic E-state index is 14.9. The number of nitrogens with two attached hydrogens (primary N) is 1. The number of halogens is 1. The van der Waals surface area contributed by atoms with E-state index in [1.807, 2.05) is 106 Å². The lowest BCUT2D eigenvalue weighted by Crippen LogP contribution is -2.48. The molecule has 0 saturated heterocycles. The van der Waals surface area contributed by atoms with Gasteiger partial charge in [0.25, 0.3) is 0 Å². The Morgan fingerprint density at radius 3 is 2.13 bits per heavy atom. The molecule has 198 valence electrons. The normalized spacial score (nSPS) is 13.1. The van der Waals surface area contributed by atoms with E-state index in [9.17, 15) is 9.18 Å². The average molecular weight is 514 g/mol. The highest BCUT2D eigenvalue weighted by atomic mass is 19.1. The zero-order chi connectivity index (χ0) is 27.1. The summed E-state index contributed by atoms with van der Waals surface area (Å²) >= 11 is 0.